The van der Waals surface area contributed by atoms with E-state index in [0.29, 0.717) is 13.1 Å². The normalized spacial score (nSPS) is 15.0. The number of rotatable bonds is 6. The second-order valence-corrected chi connectivity index (χ2v) is 7.50. The van der Waals surface area contributed by atoms with Gasteiger partial charge in [-0.3, -0.25) is 9.69 Å². The first-order valence-corrected chi connectivity index (χ1v) is 9.45. The van der Waals surface area contributed by atoms with Crippen LogP contribution in [0.1, 0.15) is 59.5 Å². The van der Waals surface area contributed by atoms with E-state index >= 15 is 0 Å². The molecule has 26 heavy (non-hydrogen) atoms. The first-order valence-electron chi connectivity index (χ1n) is 9.45. The van der Waals surface area contributed by atoms with Gasteiger partial charge in [0, 0.05) is 12.1 Å². The van der Waals surface area contributed by atoms with Crippen LogP contribution in [0.15, 0.2) is 22.7 Å². The summed E-state index contributed by atoms with van der Waals surface area (Å²) in [6.45, 7) is 6.89. The zero-order valence-corrected chi connectivity index (χ0v) is 16.3. The summed E-state index contributed by atoms with van der Waals surface area (Å²) in [6, 6.07) is 6.67. The Balaban J connectivity index is 1.55. The molecular formula is C21H29N3O2. The predicted octanol–water partition coefficient (Wildman–Crippen LogP) is 3.48. The molecule has 0 saturated carbocycles. The number of aryl methyl sites for hydroxylation is 4. The number of aromatic nitrogens is 1. The fourth-order valence-corrected chi connectivity index (χ4v) is 3.69. The molecule has 1 N–H and O–H groups in total. The summed E-state index contributed by atoms with van der Waals surface area (Å²) in [7, 11) is 1.94. The first kappa shape index (κ1) is 18.6. The van der Waals surface area contributed by atoms with E-state index < -0.39 is 0 Å². The molecule has 0 saturated heterocycles. The van der Waals surface area contributed by atoms with E-state index in [0.717, 1.165) is 23.4 Å². The lowest BCUT2D eigenvalue weighted by atomic mass is 9.89. The molecule has 3 rings (SSSR count). The number of amides is 1. The third kappa shape index (κ3) is 4.33. The number of hydrogen-bond donors (Lipinski definition) is 1. The van der Waals surface area contributed by atoms with Gasteiger partial charge in [0.05, 0.1) is 18.3 Å². The molecule has 0 fully saturated rings. The molecular weight excluding hydrogens is 326 g/mol. The highest BCUT2D eigenvalue weighted by Crippen LogP contribution is 2.24. The van der Waals surface area contributed by atoms with Gasteiger partial charge in [-0.2, -0.15) is 0 Å². The number of fused-ring (bicyclic) bond motifs is 1. The van der Waals surface area contributed by atoms with Crippen LogP contribution < -0.4 is 5.32 Å². The molecule has 1 aromatic heterocycles. The molecule has 1 aromatic carbocycles. The molecule has 0 spiro atoms. The van der Waals surface area contributed by atoms with Crippen molar-refractivity contribution in [3.05, 3.63) is 51.9 Å². The molecule has 1 aliphatic carbocycles. The maximum atomic E-state index is 12.4. The Kier molecular flexibility index (Phi) is 5.77. The molecule has 5 heteroatoms. The van der Waals surface area contributed by atoms with Gasteiger partial charge >= 0.3 is 0 Å². The smallest absolute Gasteiger partial charge is 0.234 e. The van der Waals surface area contributed by atoms with Gasteiger partial charge in [0.15, 0.2) is 0 Å². The summed E-state index contributed by atoms with van der Waals surface area (Å²) in [4.78, 5) is 14.4. The highest BCUT2D eigenvalue weighted by molar-refractivity contribution is 5.78. The largest absolute Gasteiger partial charge is 0.361 e. The maximum Gasteiger partial charge on any atom is 0.234 e. The van der Waals surface area contributed by atoms with Gasteiger partial charge in [-0.1, -0.05) is 23.4 Å². The van der Waals surface area contributed by atoms with Gasteiger partial charge in [-0.05, 0) is 70.2 Å². The van der Waals surface area contributed by atoms with Crippen molar-refractivity contribution in [2.45, 2.75) is 59.0 Å². The zero-order chi connectivity index (χ0) is 18.7. The Bertz CT molecular complexity index is 762. The molecule has 5 nitrogen and oxygen atoms in total. The van der Waals surface area contributed by atoms with E-state index in [1.807, 2.05) is 25.8 Å². The number of nitrogens with zero attached hydrogens (tertiary/aromatic N) is 2. The Hall–Kier alpha value is -2.14. The van der Waals surface area contributed by atoms with Crippen molar-refractivity contribution in [2.24, 2.45) is 0 Å². The van der Waals surface area contributed by atoms with Gasteiger partial charge in [0.2, 0.25) is 5.91 Å². The second kappa shape index (κ2) is 8.04. The van der Waals surface area contributed by atoms with E-state index in [2.05, 4.69) is 35.6 Å². The first-order chi connectivity index (χ1) is 12.4. The summed E-state index contributed by atoms with van der Waals surface area (Å²) in [5.41, 5.74) is 6.05. The minimum atomic E-state index is 0.0159. The van der Waals surface area contributed by atoms with Crippen LogP contribution in [0.5, 0.6) is 0 Å². The molecule has 1 unspecified atom stereocenters. The van der Waals surface area contributed by atoms with Gasteiger partial charge in [0.1, 0.15) is 5.76 Å². The van der Waals surface area contributed by atoms with E-state index in [1.54, 1.807) is 0 Å². The summed E-state index contributed by atoms with van der Waals surface area (Å²) in [5, 5.41) is 7.09. The van der Waals surface area contributed by atoms with Crippen LogP contribution >= 0.6 is 0 Å². The molecule has 0 aliphatic heterocycles. The monoisotopic (exact) mass is 355 g/mol. The number of likely N-dealkylation sites (N-methyl/N-ethyl adjacent to an activating group) is 1. The van der Waals surface area contributed by atoms with Crippen LogP contribution in [0.25, 0.3) is 0 Å². The van der Waals surface area contributed by atoms with Crippen molar-refractivity contribution in [1.29, 1.82) is 0 Å². The molecule has 2 aromatic rings. The number of nitrogens with one attached hydrogen (secondary N) is 1. The van der Waals surface area contributed by atoms with E-state index in [9.17, 15) is 4.79 Å². The van der Waals surface area contributed by atoms with Gasteiger partial charge < -0.3 is 9.84 Å². The van der Waals surface area contributed by atoms with Gasteiger partial charge in [-0.25, -0.2) is 0 Å². The highest BCUT2D eigenvalue weighted by Gasteiger charge is 2.17. The minimum Gasteiger partial charge on any atom is -0.361 e. The van der Waals surface area contributed by atoms with Crippen molar-refractivity contribution >= 4 is 5.91 Å². The van der Waals surface area contributed by atoms with Crippen molar-refractivity contribution in [1.82, 2.24) is 15.4 Å². The van der Waals surface area contributed by atoms with Crippen molar-refractivity contribution in [2.75, 3.05) is 13.6 Å². The average Bonchev–Trinajstić information content (AvgIpc) is 2.93. The van der Waals surface area contributed by atoms with Crippen LogP contribution in [-0.2, 0) is 24.2 Å². The number of carbonyl (C=O) groups is 1. The van der Waals surface area contributed by atoms with Crippen molar-refractivity contribution in [3.63, 3.8) is 0 Å². The maximum absolute atomic E-state index is 12.4. The molecule has 140 valence electrons. The molecule has 0 bridgehead atoms. The zero-order valence-electron chi connectivity index (χ0n) is 16.3. The van der Waals surface area contributed by atoms with Crippen molar-refractivity contribution in [3.8, 4) is 0 Å². The van der Waals surface area contributed by atoms with Crippen LogP contribution in [0.2, 0.25) is 0 Å². The molecule has 1 amide bonds. The lowest BCUT2D eigenvalue weighted by Crippen LogP contribution is -2.36. The standard InChI is InChI=1S/C21H29N3O2/c1-14(18-10-9-17-7-5-6-8-19(17)11-18)22-21(25)13-24(4)12-20-15(2)23-26-16(20)3/h9-11,14H,5-8,12-13H2,1-4H3,(H,22,25). The summed E-state index contributed by atoms with van der Waals surface area (Å²) >= 11 is 0. The lowest BCUT2D eigenvalue weighted by Gasteiger charge is -2.21. The molecule has 1 heterocycles. The minimum absolute atomic E-state index is 0.0159. The van der Waals surface area contributed by atoms with Gasteiger partial charge in [0.25, 0.3) is 0 Å². The quantitative estimate of drug-likeness (QED) is 0.862. The molecule has 1 aliphatic rings. The summed E-state index contributed by atoms with van der Waals surface area (Å²) < 4.78 is 5.19. The van der Waals surface area contributed by atoms with Crippen LogP contribution in [0, 0.1) is 13.8 Å². The third-order valence-corrected chi connectivity index (χ3v) is 5.27. The summed E-state index contributed by atoms with van der Waals surface area (Å²) in [6.07, 6.45) is 4.90. The van der Waals surface area contributed by atoms with Gasteiger partial charge in [-0.15, -0.1) is 0 Å². The Morgan fingerprint density at radius 2 is 2.00 bits per heavy atom. The van der Waals surface area contributed by atoms with Crippen LogP contribution in [-0.4, -0.2) is 29.6 Å². The second-order valence-electron chi connectivity index (χ2n) is 7.50. The summed E-state index contributed by atoms with van der Waals surface area (Å²) in [5.74, 6) is 0.849. The highest BCUT2D eigenvalue weighted by atomic mass is 16.5. The Morgan fingerprint density at radius 3 is 2.69 bits per heavy atom. The Morgan fingerprint density at radius 1 is 1.27 bits per heavy atom. The fraction of sp³-hybridized carbons (Fsp3) is 0.524. The average molecular weight is 355 g/mol. The number of hydrogen-bond acceptors (Lipinski definition) is 4. The van der Waals surface area contributed by atoms with E-state index in [1.165, 1.54) is 36.0 Å². The number of benzene rings is 1. The Labute approximate surface area is 155 Å². The lowest BCUT2D eigenvalue weighted by molar-refractivity contribution is -0.122. The van der Waals surface area contributed by atoms with Crippen molar-refractivity contribution < 1.29 is 9.32 Å². The molecule has 1 atom stereocenters. The third-order valence-electron chi connectivity index (χ3n) is 5.27. The SMILES string of the molecule is Cc1noc(C)c1CN(C)CC(=O)NC(C)c1ccc2c(c1)CCCC2. The van der Waals surface area contributed by atoms with Crippen LogP contribution in [0.4, 0.5) is 0 Å². The van der Waals surface area contributed by atoms with E-state index in [4.69, 9.17) is 4.52 Å². The molecule has 0 radical (unpaired) electrons. The predicted molar refractivity (Wildman–Crippen MR) is 102 cm³/mol. The van der Waals surface area contributed by atoms with Crippen LogP contribution in [0.3, 0.4) is 0 Å². The number of carbonyl (C=O) groups excluding carboxylic acids is 1. The topological polar surface area (TPSA) is 58.4 Å². The fourth-order valence-electron chi connectivity index (χ4n) is 3.69. The van der Waals surface area contributed by atoms with E-state index in [-0.39, 0.29) is 11.9 Å².